The third kappa shape index (κ3) is 2.55. The molecular weight excluding hydrogens is 240 g/mol. The van der Waals surface area contributed by atoms with Gasteiger partial charge in [0.15, 0.2) is 0 Å². The van der Waals surface area contributed by atoms with E-state index < -0.39 is 0 Å². The van der Waals surface area contributed by atoms with Crippen molar-refractivity contribution in [1.82, 2.24) is 0 Å². The number of para-hydroxylation sites is 2. The number of anilines is 1. The molecule has 0 radical (unpaired) electrons. The maximum atomic E-state index is 5.73. The van der Waals surface area contributed by atoms with Crippen molar-refractivity contribution >= 4 is 5.69 Å². The summed E-state index contributed by atoms with van der Waals surface area (Å²) in [5, 5.41) is 0. The van der Waals surface area contributed by atoms with Crippen molar-refractivity contribution < 1.29 is 9.47 Å². The minimum atomic E-state index is 0.485. The molecule has 0 aromatic heterocycles. The molecule has 2 aliphatic rings. The van der Waals surface area contributed by atoms with Crippen molar-refractivity contribution in [2.24, 2.45) is 11.1 Å². The van der Waals surface area contributed by atoms with Crippen LogP contribution in [0.3, 0.4) is 0 Å². The zero-order valence-corrected chi connectivity index (χ0v) is 11.3. The molecule has 0 atom stereocenters. The summed E-state index contributed by atoms with van der Waals surface area (Å²) < 4.78 is 11.2. The highest BCUT2D eigenvalue weighted by Gasteiger charge is 2.44. The van der Waals surface area contributed by atoms with Gasteiger partial charge in [0.2, 0.25) is 0 Å². The molecule has 0 unspecified atom stereocenters. The monoisotopic (exact) mass is 262 g/mol. The molecule has 0 amide bonds. The number of ether oxygens (including phenoxy) is 2. The Morgan fingerprint density at radius 3 is 2.68 bits per heavy atom. The smallest absolute Gasteiger partial charge is 0.142 e. The van der Waals surface area contributed by atoms with Gasteiger partial charge in [-0.3, -0.25) is 0 Å². The van der Waals surface area contributed by atoms with E-state index in [4.69, 9.17) is 15.2 Å². The first-order valence-electron chi connectivity index (χ1n) is 7.08. The van der Waals surface area contributed by atoms with Crippen LogP contribution < -0.4 is 15.4 Å². The number of benzene rings is 1. The second-order valence-corrected chi connectivity index (χ2v) is 5.57. The molecular formula is C15H22N2O2. The van der Waals surface area contributed by atoms with E-state index >= 15 is 0 Å². The predicted octanol–water partition coefficient (Wildman–Crippen LogP) is 1.64. The summed E-state index contributed by atoms with van der Waals surface area (Å²) in [7, 11) is 0. The highest BCUT2D eigenvalue weighted by molar-refractivity contribution is 5.60. The van der Waals surface area contributed by atoms with Crippen LogP contribution in [0.4, 0.5) is 5.69 Å². The fourth-order valence-corrected chi connectivity index (χ4v) is 3.06. The molecule has 4 heteroatoms. The molecule has 2 heterocycles. The molecule has 1 aromatic carbocycles. The number of hydrogen-bond donors (Lipinski definition) is 1. The fourth-order valence-electron chi connectivity index (χ4n) is 3.06. The van der Waals surface area contributed by atoms with Crippen LogP contribution in [0, 0.1) is 5.41 Å². The molecule has 0 aliphatic carbocycles. The molecule has 1 spiro atoms. The van der Waals surface area contributed by atoms with Crippen LogP contribution >= 0.6 is 0 Å². The third-order valence-corrected chi connectivity index (χ3v) is 4.19. The molecule has 2 aliphatic heterocycles. The first-order valence-corrected chi connectivity index (χ1v) is 7.08. The highest BCUT2D eigenvalue weighted by Crippen LogP contribution is 2.44. The summed E-state index contributed by atoms with van der Waals surface area (Å²) in [6.07, 6.45) is 2.38. The Labute approximate surface area is 114 Å². The van der Waals surface area contributed by atoms with Crippen LogP contribution in [-0.2, 0) is 4.74 Å². The standard InChI is InChI=1S/C15H22N2O2/c16-7-10-19-14-4-2-1-3-13(14)17-11-15(12-17)5-8-18-9-6-15/h1-4H,5-12,16H2. The van der Waals surface area contributed by atoms with E-state index in [1.165, 1.54) is 18.5 Å². The van der Waals surface area contributed by atoms with Crippen molar-refractivity contribution in [2.45, 2.75) is 12.8 Å². The van der Waals surface area contributed by atoms with E-state index in [1.807, 2.05) is 12.1 Å². The molecule has 1 aromatic rings. The zero-order valence-electron chi connectivity index (χ0n) is 11.3. The quantitative estimate of drug-likeness (QED) is 0.896. The van der Waals surface area contributed by atoms with Crippen LogP contribution in [0.5, 0.6) is 5.75 Å². The molecule has 19 heavy (non-hydrogen) atoms. The number of hydrogen-bond acceptors (Lipinski definition) is 4. The lowest BCUT2D eigenvalue weighted by Gasteiger charge is -2.53. The van der Waals surface area contributed by atoms with Gasteiger partial charge in [0.1, 0.15) is 12.4 Å². The predicted molar refractivity (Wildman–Crippen MR) is 75.7 cm³/mol. The Morgan fingerprint density at radius 1 is 1.21 bits per heavy atom. The number of nitrogens with two attached hydrogens (primary N) is 1. The second kappa shape index (κ2) is 5.39. The van der Waals surface area contributed by atoms with E-state index in [0.29, 0.717) is 18.6 Å². The van der Waals surface area contributed by atoms with Crippen LogP contribution in [0.15, 0.2) is 24.3 Å². The summed E-state index contributed by atoms with van der Waals surface area (Å²) in [5.74, 6) is 0.954. The van der Waals surface area contributed by atoms with Crippen molar-refractivity contribution in [1.29, 1.82) is 0 Å². The SMILES string of the molecule is NCCOc1ccccc1N1CC2(CCOCC2)C1. The Hall–Kier alpha value is -1.26. The summed E-state index contributed by atoms with van der Waals surface area (Å²) in [4.78, 5) is 2.41. The lowest BCUT2D eigenvalue weighted by molar-refractivity contribution is -0.000338. The van der Waals surface area contributed by atoms with Gasteiger partial charge in [-0.25, -0.2) is 0 Å². The normalized spacial score (nSPS) is 21.2. The Bertz CT molecular complexity index is 422. The van der Waals surface area contributed by atoms with Gasteiger partial charge < -0.3 is 20.1 Å². The van der Waals surface area contributed by atoms with E-state index in [9.17, 15) is 0 Å². The van der Waals surface area contributed by atoms with Crippen LogP contribution in [0.25, 0.3) is 0 Å². The minimum Gasteiger partial charge on any atom is -0.490 e. The van der Waals surface area contributed by atoms with Gasteiger partial charge in [-0.1, -0.05) is 12.1 Å². The number of nitrogens with zero attached hydrogens (tertiary/aromatic N) is 1. The molecule has 0 saturated carbocycles. The number of rotatable bonds is 4. The molecule has 3 rings (SSSR count). The van der Waals surface area contributed by atoms with Crippen LogP contribution in [-0.4, -0.2) is 39.5 Å². The Balaban J connectivity index is 1.67. The van der Waals surface area contributed by atoms with Crippen LogP contribution in [0.2, 0.25) is 0 Å². The van der Waals surface area contributed by atoms with Gasteiger partial charge in [0, 0.05) is 38.3 Å². The minimum absolute atomic E-state index is 0.485. The van der Waals surface area contributed by atoms with Gasteiger partial charge in [-0.2, -0.15) is 0 Å². The first kappa shape index (κ1) is 12.8. The third-order valence-electron chi connectivity index (χ3n) is 4.19. The summed E-state index contributed by atoms with van der Waals surface area (Å²) >= 11 is 0. The first-order chi connectivity index (χ1) is 9.33. The molecule has 2 saturated heterocycles. The summed E-state index contributed by atoms with van der Waals surface area (Å²) in [5.41, 5.74) is 7.20. The van der Waals surface area contributed by atoms with Gasteiger partial charge in [-0.05, 0) is 25.0 Å². The average Bonchev–Trinajstić information content (AvgIpc) is 2.44. The fraction of sp³-hybridized carbons (Fsp3) is 0.600. The lowest BCUT2D eigenvalue weighted by atomic mass is 9.73. The second-order valence-electron chi connectivity index (χ2n) is 5.57. The van der Waals surface area contributed by atoms with Gasteiger partial charge in [0.05, 0.1) is 5.69 Å². The van der Waals surface area contributed by atoms with Crippen LogP contribution in [0.1, 0.15) is 12.8 Å². The van der Waals surface area contributed by atoms with E-state index in [-0.39, 0.29) is 0 Å². The lowest BCUT2D eigenvalue weighted by Crippen LogP contribution is -2.58. The van der Waals surface area contributed by atoms with Crippen molar-refractivity contribution in [3.05, 3.63) is 24.3 Å². The molecule has 2 N–H and O–H groups in total. The highest BCUT2D eigenvalue weighted by atomic mass is 16.5. The molecule has 104 valence electrons. The maximum absolute atomic E-state index is 5.73. The topological polar surface area (TPSA) is 47.7 Å². The molecule has 4 nitrogen and oxygen atoms in total. The van der Waals surface area contributed by atoms with E-state index in [0.717, 1.165) is 32.1 Å². The van der Waals surface area contributed by atoms with E-state index in [2.05, 4.69) is 17.0 Å². The summed E-state index contributed by atoms with van der Waals surface area (Å²) in [6.45, 7) is 5.20. The zero-order chi connectivity index (χ0) is 13.1. The van der Waals surface area contributed by atoms with Gasteiger partial charge in [0.25, 0.3) is 0 Å². The average molecular weight is 262 g/mol. The van der Waals surface area contributed by atoms with Crippen molar-refractivity contribution in [3.63, 3.8) is 0 Å². The Morgan fingerprint density at radius 2 is 1.95 bits per heavy atom. The van der Waals surface area contributed by atoms with Crippen molar-refractivity contribution in [2.75, 3.05) is 44.4 Å². The largest absolute Gasteiger partial charge is 0.490 e. The van der Waals surface area contributed by atoms with Crippen molar-refractivity contribution in [3.8, 4) is 5.75 Å². The molecule has 0 bridgehead atoms. The van der Waals surface area contributed by atoms with E-state index in [1.54, 1.807) is 0 Å². The molecule has 2 fully saturated rings. The Kier molecular flexibility index (Phi) is 3.62. The summed E-state index contributed by atoms with van der Waals surface area (Å²) in [6, 6.07) is 8.25. The van der Waals surface area contributed by atoms with Gasteiger partial charge in [-0.15, -0.1) is 0 Å². The van der Waals surface area contributed by atoms with Gasteiger partial charge >= 0.3 is 0 Å². The maximum Gasteiger partial charge on any atom is 0.142 e.